The Hall–Kier alpha value is -3.19. The number of hydrogen-bond donors (Lipinski definition) is 3. The Labute approximate surface area is 213 Å². The molecule has 0 bridgehead atoms. The first-order chi connectivity index (χ1) is 16.6. The number of Topliss-reactive ketones (excluding diaryl/α,β-unsaturated/α-hetero) is 1. The molecule has 0 aromatic heterocycles. The summed E-state index contributed by atoms with van der Waals surface area (Å²) < 4.78 is 5.51. The lowest BCUT2D eigenvalue weighted by molar-refractivity contribution is -0.144. The first-order valence-electron chi connectivity index (χ1n) is 12.3. The van der Waals surface area contributed by atoms with Crippen LogP contribution in [0, 0.1) is 5.41 Å². The van der Waals surface area contributed by atoms with Crippen molar-refractivity contribution >= 4 is 17.6 Å². The average molecular weight is 495 g/mol. The Morgan fingerprint density at radius 2 is 1.64 bits per heavy atom. The van der Waals surface area contributed by atoms with E-state index in [-0.39, 0.29) is 47.5 Å². The lowest BCUT2D eigenvalue weighted by Gasteiger charge is -2.28. The second-order valence-electron chi connectivity index (χ2n) is 11.6. The predicted octanol–water partition coefficient (Wildman–Crippen LogP) is 5.56. The van der Waals surface area contributed by atoms with E-state index in [1.807, 2.05) is 66.7 Å². The number of nitrogens with one attached hydrogen (secondary N) is 1. The zero-order valence-electron chi connectivity index (χ0n) is 22.4. The number of ether oxygens (including phenoxy) is 1. The molecule has 1 aliphatic heterocycles. The van der Waals surface area contributed by atoms with Gasteiger partial charge in [0.25, 0.3) is 0 Å². The number of nitrogens with zero attached hydrogens (tertiary/aromatic N) is 1. The van der Waals surface area contributed by atoms with Gasteiger partial charge in [0.15, 0.2) is 5.78 Å². The van der Waals surface area contributed by atoms with Gasteiger partial charge in [-0.2, -0.15) is 0 Å². The van der Waals surface area contributed by atoms with E-state index in [1.165, 1.54) is 0 Å². The van der Waals surface area contributed by atoms with E-state index in [4.69, 9.17) is 15.3 Å². The van der Waals surface area contributed by atoms with Crippen molar-refractivity contribution in [3.05, 3.63) is 63.7 Å². The van der Waals surface area contributed by atoms with Gasteiger partial charge in [-0.3, -0.25) is 10.2 Å². The minimum absolute atomic E-state index is 0.0491. The van der Waals surface area contributed by atoms with Crippen LogP contribution >= 0.6 is 0 Å². The van der Waals surface area contributed by atoms with Crippen LogP contribution in [0.5, 0.6) is 5.75 Å². The summed E-state index contributed by atoms with van der Waals surface area (Å²) in [7, 11) is 0. The van der Waals surface area contributed by atoms with Crippen LogP contribution in [0.4, 0.5) is 0 Å². The predicted molar refractivity (Wildman–Crippen MR) is 140 cm³/mol. The quantitative estimate of drug-likeness (QED) is 0.414. The van der Waals surface area contributed by atoms with Crippen molar-refractivity contribution < 1.29 is 24.5 Å². The SMILES string of the molecule is CCC(OCC(=O)O)c1ccc2c(c1)C(=N)N(CC(=O)c1cc(C(C)(C)C)c(O)c(C(C)(C)C)c1)C2. The molecule has 0 spiro atoms. The summed E-state index contributed by atoms with van der Waals surface area (Å²) in [6.45, 7) is 14.1. The lowest BCUT2D eigenvalue weighted by atomic mass is 9.78. The highest BCUT2D eigenvalue weighted by molar-refractivity contribution is 6.05. The molecule has 1 heterocycles. The number of benzene rings is 2. The Kier molecular flexibility index (Phi) is 7.65. The number of fused-ring (bicyclic) bond motifs is 1. The number of carboxylic acid groups (broad SMARTS) is 1. The van der Waals surface area contributed by atoms with Gasteiger partial charge in [0.2, 0.25) is 0 Å². The fourth-order valence-corrected chi connectivity index (χ4v) is 4.57. The standard InChI is InChI=1S/C29H38N2O5/c1-8-24(36-16-25(33)34)17-9-10-18-14-31(27(30)20(18)11-17)15-23(32)19-12-21(28(2,3)4)26(35)22(13-19)29(5,6)7/h9-13,24,30,35H,8,14-16H2,1-7H3,(H,33,34). The van der Waals surface area contributed by atoms with E-state index < -0.39 is 5.97 Å². The number of amidine groups is 1. The number of carboxylic acids is 1. The van der Waals surface area contributed by atoms with Gasteiger partial charge in [-0.1, -0.05) is 60.6 Å². The number of hydrogen-bond acceptors (Lipinski definition) is 5. The molecule has 0 saturated carbocycles. The van der Waals surface area contributed by atoms with E-state index in [2.05, 4.69) is 0 Å². The number of ketones is 1. The highest BCUT2D eigenvalue weighted by Gasteiger charge is 2.30. The number of phenols is 1. The number of phenolic OH excluding ortho intramolecular Hbond substituents is 1. The Morgan fingerprint density at radius 1 is 1.06 bits per heavy atom. The van der Waals surface area contributed by atoms with Crippen LogP contribution in [-0.2, 0) is 26.9 Å². The summed E-state index contributed by atoms with van der Waals surface area (Å²) in [6, 6.07) is 9.26. The van der Waals surface area contributed by atoms with Gasteiger partial charge < -0.3 is 19.8 Å². The van der Waals surface area contributed by atoms with Gasteiger partial charge in [0.1, 0.15) is 18.2 Å². The third-order valence-corrected chi connectivity index (χ3v) is 6.60. The Balaban J connectivity index is 1.86. The van der Waals surface area contributed by atoms with Crippen LogP contribution in [0.3, 0.4) is 0 Å². The van der Waals surface area contributed by atoms with Crippen molar-refractivity contribution in [2.24, 2.45) is 0 Å². The molecule has 7 heteroatoms. The molecule has 2 aromatic carbocycles. The number of carbonyl (C=O) groups excluding carboxylic acids is 1. The topological polar surface area (TPSA) is 111 Å². The molecule has 0 amide bonds. The second kappa shape index (κ2) is 10.1. The third kappa shape index (κ3) is 5.78. The van der Waals surface area contributed by atoms with Crippen LogP contribution in [0.15, 0.2) is 30.3 Å². The zero-order valence-corrected chi connectivity index (χ0v) is 22.4. The molecule has 0 radical (unpaired) electrons. The number of carbonyl (C=O) groups is 2. The molecule has 7 nitrogen and oxygen atoms in total. The fourth-order valence-electron chi connectivity index (χ4n) is 4.57. The van der Waals surface area contributed by atoms with Crippen LogP contribution in [0.2, 0.25) is 0 Å². The van der Waals surface area contributed by atoms with Gasteiger partial charge in [-0.15, -0.1) is 0 Å². The molecule has 1 atom stereocenters. The summed E-state index contributed by atoms with van der Waals surface area (Å²) in [5.74, 6) is -0.638. The van der Waals surface area contributed by atoms with Crippen LogP contribution < -0.4 is 0 Å². The van der Waals surface area contributed by atoms with Gasteiger partial charge >= 0.3 is 5.97 Å². The van der Waals surface area contributed by atoms with Gasteiger partial charge in [0, 0.05) is 28.8 Å². The van der Waals surface area contributed by atoms with Crippen molar-refractivity contribution in [1.29, 1.82) is 5.41 Å². The molecule has 3 N–H and O–H groups in total. The molecular weight excluding hydrogens is 456 g/mol. The normalized spacial score (nSPS) is 14.6. The van der Waals surface area contributed by atoms with E-state index in [0.29, 0.717) is 18.5 Å². The monoisotopic (exact) mass is 494 g/mol. The van der Waals surface area contributed by atoms with E-state index in [1.54, 1.807) is 17.0 Å². The molecule has 0 fully saturated rings. The van der Waals surface area contributed by atoms with E-state index >= 15 is 0 Å². The zero-order chi connectivity index (χ0) is 27.0. The Bertz CT molecular complexity index is 1150. The highest BCUT2D eigenvalue weighted by Crippen LogP contribution is 2.40. The third-order valence-electron chi connectivity index (χ3n) is 6.60. The minimum Gasteiger partial charge on any atom is -0.507 e. The molecule has 0 aliphatic carbocycles. The Morgan fingerprint density at radius 3 is 2.14 bits per heavy atom. The fraction of sp³-hybridized carbons (Fsp3) is 0.483. The van der Waals surface area contributed by atoms with E-state index in [9.17, 15) is 14.7 Å². The van der Waals surface area contributed by atoms with Crippen molar-refractivity contribution in [3.8, 4) is 5.75 Å². The minimum atomic E-state index is -1.02. The maximum atomic E-state index is 13.4. The van der Waals surface area contributed by atoms with Crippen molar-refractivity contribution in [1.82, 2.24) is 4.90 Å². The van der Waals surface area contributed by atoms with Crippen molar-refractivity contribution in [2.75, 3.05) is 13.2 Å². The largest absolute Gasteiger partial charge is 0.507 e. The number of rotatable bonds is 8. The molecule has 36 heavy (non-hydrogen) atoms. The average Bonchev–Trinajstić information content (AvgIpc) is 3.07. The lowest BCUT2D eigenvalue weighted by Crippen LogP contribution is -2.30. The van der Waals surface area contributed by atoms with E-state index in [0.717, 1.165) is 27.8 Å². The first-order valence-corrected chi connectivity index (χ1v) is 12.3. The van der Waals surface area contributed by atoms with Gasteiger partial charge in [0.05, 0.1) is 12.6 Å². The molecule has 2 aromatic rings. The van der Waals surface area contributed by atoms with Crippen LogP contribution in [0.25, 0.3) is 0 Å². The van der Waals surface area contributed by atoms with Crippen molar-refractivity contribution in [3.63, 3.8) is 0 Å². The first kappa shape index (κ1) is 27.4. The number of aliphatic carboxylic acids is 1. The maximum Gasteiger partial charge on any atom is 0.329 e. The molecule has 3 rings (SSSR count). The molecule has 1 unspecified atom stereocenters. The van der Waals surface area contributed by atoms with Crippen LogP contribution in [-0.4, -0.2) is 45.9 Å². The number of aromatic hydroxyl groups is 1. The smallest absolute Gasteiger partial charge is 0.329 e. The summed E-state index contributed by atoms with van der Waals surface area (Å²) in [4.78, 5) is 26.1. The maximum absolute atomic E-state index is 13.4. The second-order valence-corrected chi connectivity index (χ2v) is 11.6. The van der Waals surface area contributed by atoms with Gasteiger partial charge in [-0.25, -0.2) is 4.79 Å². The summed E-state index contributed by atoms with van der Waals surface area (Å²) in [6.07, 6.45) is 0.229. The highest BCUT2D eigenvalue weighted by atomic mass is 16.5. The van der Waals surface area contributed by atoms with Crippen molar-refractivity contribution in [2.45, 2.75) is 78.4 Å². The molecule has 1 aliphatic rings. The van der Waals surface area contributed by atoms with Crippen LogP contribution in [0.1, 0.15) is 99.2 Å². The van der Waals surface area contributed by atoms with Gasteiger partial charge in [-0.05, 0) is 46.6 Å². The summed E-state index contributed by atoms with van der Waals surface area (Å²) in [5, 5.41) is 28.6. The summed E-state index contributed by atoms with van der Waals surface area (Å²) in [5.41, 5.74) is 3.80. The molecular formula is C29H38N2O5. The molecule has 0 saturated heterocycles. The summed E-state index contributed by atoms with van der Waals surface area (Å²) >= 11 is 0. The molecule has 194 valence electrons.